The molecule has 0 bridgehead atoms. The summed E-state index contributed by atoms with van der Waals surface area (Å²) in [5, 5.41) is 0. The zero-order chi connectivity index (χ0) is 15.4. The molecule has 0 aliphatic heterocycles. The average Bonchev–Trinajstić information content (AvgIpc) is 2.99. The number of hydrogen-bond donors (Lipinski definition) is 0. The number of likely N-dealkylation sites (N-methyl/N-ethyl adjacent to an activating group) is 1. The summed E-state index contributed by atoms with van der Waals surface area (Å²) in [6.07, 6.45) is 2.33. The normalized spacial score (nSPS) is 13.7. The Morgan fingerprint density at radius 3 is 2.27 bits per heavy atom. The maximum atomic E-state index is 12.3. The van der Waals surface area contributed by atoms with Crippen molar-refractivity contribution in [1.82, 2.24) is 4.90 Å². The summed E-state index contributed by atoms with van der Waals surface area (Å²) >= 11 is 0. The van der Waals surface area contributed by atoms with E-state index in [1.807, 2.05) is 42.3 Å². The molecular formula is C19H21NO2. The number of amides is 1. The molecule has 0 heterocycles. The quantitative estimate of drug-likeness (QED) is 0.848. The molecule has 3 heteroatoms. The molecule has 2 aromatic carbocycles. The van der Waals surface area contributed by atoms with Crippen LogP contribution in [-0.4, -0.2) is 30.5 Å². The van der Waals surface area contributed by atoms with Crippen LogP contribution in [0.4, 0.5) is 0 Å². The van der Waals surface area contributed by atoms with Crippen LogP contribution in [0.1, 0.15) is 17.5 Å². The summed E-state index contributed by atoms with van der Waals surface area (Å²) in [6.45, 7) is 0.423. The van der Waals surface area contributed by atoms with Crippen molar-refractivity contribution in [3.8, 4) is 5.75 Å². The second kappa shape index (κ2) is 6.65. The molecule has 0 N–H and O–H groups in total. The molecule has 0 saturated carbocycles. The Morgan fingerprint density at radius 2 is 1.64 bits per heavy atom. The van der Waals surface area contributed by atoms with Crippen LogP contribution >= 0.6 is 0 Å². The fourth-order valence-electron chi connectivity index (χ4n) is 2.96. The monoisotopic (exact) mass is 295 g/mol. The van der Waals surface area contributed by atoms with E-state index in [0.29, 0.717) is 13.0 Å². The van der Waals surface area contributed by atoms with Crippen LogP contribution in [0.3, 0.4) is 0 Å². The molecule has 3 rings (SSSR count). The third-order valence-electron chi connectivity index (χ3n) is 4.30. The highest BCUT2D eigenvalue weighted by Crippen LogP contribution is 2.25. The van der Waals surface area contributed by atoms with Crippen molar-refractivity contribution in [3.05, 3.63) is 65.7 Å². The van der Waals surface area contributed by atoms with Gasteiger partial charge < -0.3 is 9.64 Å². The lowest BCUT2D eigenvalue weighted by molar-refractivity contribution is -0.132. The maximum Gasteiger partial charge on any atom is 0.226 e. The topological polar surface area (TPSA) is 29.5 Å². The Kier molecular flexibility index (Phi) is 4.42. The van der Waals surface area contributed by atoms with Gasteiger partial charge in [-0.15, -0.1) is 0 Å². The molecule has 0 aromatic heterocycles. The average molecular weight is 295 g/mol. The Bertz CT molecular complexity index is 614. The molecule has 2 aromatic rings. The second-order valence-corrected chi connectivity index (χ2v) is 5.75. The first kappa shape index (κ1) is 14.6. The standard InChI is InChI=1S/C19H21NO2/c1-20(17-13-15-7-5-6-8-16(15)14-17)19(21)11-12-22-18-9-3-2-4-10-18/h2-10,17H,11-14H2,1H3. The number of benzene rings is 2. The van der Waals surface area contributed by atoms with Crippen LogP contribution < -0.4 is 4.74 Å². The molecule has 1 amide bonds. The van der Waals surface area contributed by atoms with Gasteiger partial charge >= 0.3 is 0 Å². The highest BCUT2D eigenvalue weighted by Gasteiger charge is 2.26. The molecule has 0 spiro atoms. The van der Waals surface area contributed by atoms with Gasteiger partial charge in [0, 0.05) is 13.1 Å². The van der Waals surface area contributed by atoms with Gasteiger partial charge in [-0.3, -0.25) is 4.79 Å². The molecule has 1 aliphatic rings. The van der Waals surface area contributed by atoms with Crippen LogP contribution in [0.15, 0.2) is 54.6 Å². The van der Waals surface area contributed by atoms with Crippen molar-refractivity contribution < 1.29 is 9.53 Å². The van der Waals surface area contributed by atoms with Crippen LogP contribution in [0.5, 0.6) is 5.75 Å². The van der Waals surface area contributed by atoms with E-state index in [1.54, 1.807) is 0 Å². The molecule has 114 valence electrons. The van der Waals surface area contributed by atoms with Gasteiger partial charge in [0.2, 0.25) is 5.91 Å². The Hall–Kier alpha value is -2.29. The lowest BCUT2D eigenvalue weighted by atomic mass is 10.1. The number of para-hydroxylation sites is 1. The third kappa shape index (κ3) is 3.30. The molecule has 22 heavy (non-hydrogen) atoms. The SMILES string of the molecule is CN(C(=O)CCOc1ccccc1)C1Cc2ccccc2C1. The fourth-order valence-corrected chi connectivity index (χ4v) is 2.96. The molecular weight excluding hydrogens is 274 g/mol. The van der Waals surface area contributed by atoms with Crippen molar-refractivity contribution in [2.75, 3.05) is 13.7 Å². The highest BCUT2D eigenvalue weighted by molar-refractivity contribution is 5.76. The third-order valence-corrected chi connectivity index (χ3v) is 4.30. The molecule has 1 aliphatic carbocycles. The summed E-state index contributed by atoms with van der Waals surface area (Å²) in [7, 11) is 1.90. The van der Waals surface area contributed by atoms with Gasteiger partial charge in [0.05, 0.1) is 13.0 Å². The van der Waals surface area contributed by atoms with E-state index < -0.39 is 0 Å². The summed E-state index contributed by atoms with van der Waals surface area (Å²) in [5.74, 6) is 0.958. The van der Waals surface area contributed by atoms with Crippen molar-refractivity contribution in [2.45, 2.75) is 25.3 Å². The van der Waals surface area contributed by atoms with Gasteiger partial charge in [-0.05, 0) is 36.1 Å². The molecule has 0 atom stereocenters. The lowest BCUT2D eigenvalue weighted by Gasteiger charge is -2.24. The van der Waals surface area contributed by atoms with E-state index in [-0.39, 0.29) is 11.9 Å². The van der Waals surface area contributed by atoms with Crippen molar-refractivity contribution in [3.63, 3.8) is 0 Å². The minimum atomic E-state index is 0.147. The zero-order valence-electron chi connectivity index (χ0n) is 12.9. The minimum Gasteiger partial charge on any atom is -0.493 e. The molecule has 0 radical (unpaired) electrons. The predicted octanol–water partition coefficient (Wildman–Crippen LogP) is 3.08. The van der Waals surface area contributed by atoms with Gasteiger partial charge in [-0.1, -0.05) is 42.5 Å². The van der Waals surface area contributed by atoms with E-state index in [1.165, 1.54) is 11.1 Å². The van der Waals surface area contributed by atoms with Gasteiger partial charge in [0.25, 0.3) is 0 Å². The zero-order valence-corrected chi connectivity index (χ0v) is 12.9. The summed E-state index contributed by atoms with van der Waals surface area (Å²) in [6, 6.07) is 18.3. The molecule has 0 fully saturated rings. The van der Waals surface area contributed by atoms with E-state index in [9.17, 15) is 4.79 Å². The first-order valence-electron chi connectivity index (χ1n) is 7.74. The highest BCUT2D eigenvalue weighted by atomic mass is 16.5. The fraction of sp³-hybridized carbons (Fsp3) is 0.316. The van der Waals surface area contributed by atoms with E-state index in [0.717, 1.165) is 18.6 Å². The van der Waals surface area contributed by atoms with Gasteiger partial charge in [0.15, 0.2) is 0 Å². The van der Waals surface area contributed by atoms with Crippen molar-refractivity contribution >= 4 is 5.91 Å². The number of ether oxygens (including phenoxy) is 1. The van der Waals surface area contributed by atoms with E-state index >= 15 is 0 Å². The molecule has 3 nitrogen and oxygen atoms in total. The number of carbonyl (C=O) groups is 1. The first-order valence-corrected chi connectivity index (χ1v) is 7.74. The Balaban J connectivity index is 1.49. The van der Waals surface area contributed by atoms with Gasteiger partial charge in [0.1, 0.15) is 5.75 Å². The van der Waals surface area contributed by atoms with Crippen molar-refractivity contribution in [1.29, 1.82) is 0 Å². The first-order chi connectivity index (χ1) is 10.7. The summed E-state index contributed by atoms with van der Waals surface area (Å²) in [4.78, 5) is 14.2. The largest absolute Gasteiger partial charge is 0.493 e. The van der Waals surface area contributed by atoms with Gasteiger partial charge in [-0.2, -0.15) is 0 Å². The number of hydrogen-bond acceptors (Lipinski definition) is 2. The lowest BCUT2D eigenvalue weighted by Crippen LogP contribution is -2.38. The number of nitrogens with zero attached hydrogens (tertiary/aromatic N) is 1. The summed E-state index contributed by atoms with van der Waals surface area (Å²) < 4.78 is 5.60. The van der Waals surface area contributed by atoms with Crippen LogP contribution in [0, 0.1) is 0 Å². The minimum absolute atomic E-state index is 0.147. The van der Waals surface area contributed by atoms with Crippen LogP contribution in [0.25, 0.3) is 0 Å². The predicted molar refractivity (Wildman–Crippen MR) is 87.0 cm³/mol. The smallest absolute Gasteiger partial charge is 0.226 e. The Labute approximate surface area is 131 Å². The van der Waals surface area contributed by atoms with Crippen molar-refractivity contribution in [2.24, 2.45) is 0 Å². The maximum absolute atomic E-state index is 12.3. The van der Waals surface area contributed by atoms with Crippen LogP contribution in [0.2, 0.25) is 0 Å². The number of fused-ring (bicyclic) bond motifs is 1. The molecule has 0 unspecified atom stereocenters. The van der Waals surface area contributed by atoms with Gasteiger partial charge in [-0.25, -0.2) is 0 Å². The number of rotatable bonds is 5. The van der Waals surface area contributed by atoms with E-state index in [2.05, 4.69) is 24.3 Å². The molecule has 0 saturated heterocycles. The number of carbonyl (C=O) groups excluding carboxylic acids is 1. The second-order valence-electron chi connectivity index (χ2n) is 5.75. The summed E-state index contributed by atoms with van der Waals surface area (Å²) in [5.41, 5.74) is 2.74. The van der Waals surface area contributed by atoms with Crippen LogP contribution in [-0.2, 0) is 17.6 Å². The van der Waals surface area contributed by atoms with E-state index in [4.69, 9.17) is 4.74 Å². The Morgan fingerprint density at radius 1 is 1.05 bits per heavy atom.